The van der Waals surface area contributed by atoms with E-state index in [1.165, 1.54) is 20.2 Å². The molecule has 1 amide bonds. The molecule has 0 spiro atoms. The normalized spacial score (nSPS) is 14.0. The minimum atomic E-state index is -3.77. The summed E-state index contributed by atoms with van der Waals surface area (Å²) in [4.78, 5) is 22.6. The molecule has 0 rings (SSSR count). The average Bonchev–Trinajstić information content (AvgIpc) is 2.33. The first-order valence-corrected chi connectivity index (χ1v) is 8.08. The van der Waals surface area contributed by atoms with Crippen LogP contribution in [0.5, 0.6) is 0 Å². The van der Waals surface area contributed by atoms with Crippen LogP contribution in [0, 0.1) is 0 Å². The van der Waals surface area contributed by atoms with Crippen LogP contribution >= 0.6 is 0 Å². The molecular weight excluding hydrogens is 312 g/mol. The standard InChI is InChI=1S/C13H24N2O6S/c1-10(14-12(17)21-13(2,3)4)7-8-22(18,19)15(5)9-11(16)20-6/h7-8,10H,9H2,1-6H3,(H,14,17)/b8-7+/t10-/m0/s1. The predicted molar refractivity (Wildman–Crippen MR) is 81.5 cm³/mol. The highest BCUT2D eigenvalue weighted by atomic mass is 32.2. The lowest BCUT2D eigenvalue weighted by atomic mass is 10.2. The molecule has 128 valence electrons. The second kappa shape index (κ2) is 8.14. The number of hydrogen-bond acceptors (Lipinski definition) is 6. The van der Waals surface area contributed by atoms with Crippen LogP contribution in [-0.4, -0.2) is 57.1 Å². The number of amides is 1. The van der Waals surface area contributed by atoms with Gasteiger partial charge in [-0.2, -0.15) is 4.31 Å². The Morgan fingerprint density at radius 2 is 1.86 bits per heavy atom. The van der Waals surface area contributed by atoms with E-state index in [0.29, 0.717) is 0 Å². The van der Waals surface area contributed by atoms with Crippen molar-refractivity contribution in [2.24, 2.45) is 0 Å². The van der Waals surface area contributed by atoms with Crippen LogP contribution in [0.4, 0.5) is 4.79 Å². The summed E-state index contributed by atoms with van der Waals surface area (Å²) >= 11 is 0. The van der Waals surface area contributed by atoms with Crippen molar-refractivity contribution in [1.29, 1.82) is 0 Å². The van der Waals surface area contributed by atoms with Crippen molar-refractivity contribution in [3.63, 3.8) is 0 Å². The maximum absolute atomic E-state index is 11.9. The van der Waals surface area contributed by atoms with Gasteiger partial charge in [0, 0.05) is 18.5 Å². The zero-order chi connectivity index (χ0) is 17.6. The molecule has 0 aromatic rings. The average molecular weight is 336 g/mol. The van der Waals surface area contributed by atoms with Crippen molar-refractivity contribution < 1.29 is 27.5 Å². The van der Waals surface area contributed by atoms with Gasteiger partial charge < -0.3 is 14.8 Å². The molecular formula is C13H24N2O6S. The second-order valence-corrected chi connectivity index (χ2v) is 7.57. The van der Waals surface area contributed by atoms with Crippen molar-refractivity contribution in [3.8, 4) is 0 Å². The van der Waals surface area contributed by atoms with Crippen molar-refractivity contribution in [3.05, 3.63) is 11.5 Å². The van der Waals surface area contributed by atoms with Gasteiger partial charge in [0.2, 0.25) is 10.0 Å². The molecule has 0 aliphatic heterocycles. The van der Waals surface area contributed by atoms with Crippen molar-refractivity contribution in [1.82, 2.24) is 9.62 Å². The molecule has 0 aromatic heterocycles. The highest BCUT2D eigenvalue weighted by molar-refractivity contribution is 7.92. The van der Waals surface area contributed by atoms with Gasteiger partial charge >= 0.3 is 12.1 Å². The van der Waals surface area contributed by atoms with E-state index in [1.54, 1.807) is 27.7 Å². The summed E-state index contributed by atoms with van der Waals surface area (Å²) in [6.45, 7) is 6.37. The number of rotatable bonds is 6. The first-order chi connectivity index (χ1) is 9.87. The molecule has 0 saturated heterocycles. The Balaban J connectivity index is 4.62. The molecule has 9 heteroatoms. The molecule has 0 unspecified atom stereocenters. The highest BCUT2D eigenvalue weighted by Crippen LogP contribution is 2.07. The third-order valence-electron chi connectivity index (χ3n) is 2.30. The van der Waals surface area contributed by atoms with E-state index in [0.717, 1.165) is 9.71 Å². The fourth-order valence-electron chi connectivity index (χ4n) is 1.20. The summed E-state index contributed by atoms with van der Waals surface area (Å²) in [6.07, 6.45) is 0.637. The fraction of sp³-hybridized carbons (Fsp3) is 0.692. The second-order valence-electron chi connectivity index (χ2n) is 5.64. The lowest BCUT2D eigenvalue weighted by Gasteiger charge is -2.21. The van der Waals surface area contributed by atoms with E-state index in [2.05, 4.69) is 10.1 Å². The number of alkyl carbamates (subject to hydrolysis) is 1. The van der Waals surface area contributed by atoms with Crippen molar-refractivity contribution >= 4 is 22.1 Å². The third-order valence-corrected chi connectivity index (χ3v) is 3.80. The molecule has 0 fully saturated rings. The molecule has 0 heterocycles. The van der Waals surface area contributed by atoms with E-state index in [1.807, 2.05) is 0 Å². The quantitative estimate of drug-likeness (QED) is 0.721. The lowest BCUT2D eigenvalue weighted by Crippen LogP contribution is -2.37. The minimum absolute atomic E-state index is 0.392. The van der Waals surface area contributed by atoms with Gasteiger partial charge in [0.25, 0.3) is 0 Å². The van der Waals surface area contributed by atoms with E-state index >= 15 is 0 Å². The van der Waals surface area contributed by atoms with E-state index in [9.17, 15) is 18.0 Å². The van der Waals surface area contributed by atoms with Crippen molar-refractivity contribution in [2.45, 2.75) is 39.3 Å². The maximum atomic E-state index is 11.9. The Labute approximate surface area is 131 Å². The van der Waals surface area contributed by atoms with Crippen molar-refractivity contribution in [2.75, 3.05) is 20.7 Å². The number of esters is 1. The zero-order valence-electron chi connectivity index (χ0n) is 13.7. The lowest BCUT2D eigenvalue weighted by molar-refractivity contribution is -0.140. The molecule has 0 radical (unpaired) electrons. The van der Waals surface area contributed by atoms with Gasteiger partial charge in [0.1, 0.15) is 12.1 Å². The summed E-state index contributed by atoms with van der Waals surface area (Å²) in [5.74, 6) is -0.667. The molecule has 0 aliphatic carbocycles. The Hall–Kier alpha value is -1.61. The number of nitrogens with one attached hydrogen (secondary N) is 1. The number of carbonyl (C=O) groups excluding carboxylic acids is 2. The maximum Gasteiger partial charge on any atom is 0.408 e. The minimum Gasteiger partial charge on any atom is -0.468 e. The van der Waals surface area contributed by atoms with Crippen LogP contribution < -0.4 is 5.32 Å². The molecule has 1 atom stereocenters. The molecule has 0 saturated carbocycles. The summed E-state index contributed by atoms with van der Waals surface area (Å²) in [5, 5.41) is 3.39. The number of hydrogen-bond donors (Lipinski definition) is 1. The summed E-state index contributed by atoms with van der Waals surface area (Å²) in [7, 11) is -1.35. The zero-order valence-corrected chi connectivity index (χ0v) is 14.6. The van der Waals surface area contributed by atoms with Gasteiger partial charge in [-0.05, 0) is 33.8 Å². The van der Waals surface area contributed by atoms with Gasteiger partial charge in [-0.15, -0.1) is 0 Å². The van der Waals surface area contributed by atoms with Crippen LogP contribution in [0.3, 0.4) is 0 Å². The van der Waals surface area contributed by atoms with Gasteiger partial charge in [-0.1, -0.05) is 0 Å². The number of sulfonamides is 1. The monoisotopic (exact) mass is 336 g/mol. The van der Waals surface area contributed by atoms with Gasteiger partial charge in [0.15, 0.2) is 0 Å². The summed E-state index contributed by atoms with van der Waals surface area (Å²) < 4.78 is 34.1. The van der Waals surface area contributed by atoms with Gasteiger partial charge in [0.05, 0.1) is 7.11 Å². The Bertz CT molecular complexity index is 521. The predicted octanol–water partition coefficient (Wildman–Crippen LogP) is 0.848. The molecule has 0 aromatic carbocycles. The number of likely N-dealkylation sites (N-methyl/N-ethyl adjacent to an activating group) is 1. The SMILES string of the molecule is COC(=O)CN(C)S(=O)(=O)/C=C/[C@H](C)NC(=O)OC(C)(C)C. The summed E-state index contributed by atoms with van der Waals surface area (Å²) in [6, 6.07) is -0.559. The third kappa shape index (κ3) is 8.63. The van der Waals surface area contributed by atoms with Crippen LogP contribution in [0.25, 0.3) is 0 Å². The largest absolute Gasteiger partial charge is 0.468 e. The smallest absolute Gasteiger partial charge is 0.408 e. The molecule has 8 nitrogen and oxygen atoms in total. The van der Waals surface area contributed by atoms with E-state index in [-0.39, 0.29) is 0 Å². The van der Waals surface area contributed by atoms with Gasteiger partial charge in [-0.3, -0.25) is 4.79 Å². The molecule has 22 heavy (non-hydrogen) atoms. The van der Waals surface area contributed by atoms with Crippen LogP contribution in [0.2, 0.25) is 0 Å². The summed E-state index contributed by atoms with van der Waals surface area (Å²) in [5.41, 5.74) is -0.639. The Morgan fingerprint density at radius 3 is 2.32 bits per heavy atom. The molecule has 1 N–H and O–H groups in total. The van der Waals surface area contributed by atoms with E-state index in [4.69, 9.17) is 4.74 Å². The number of ether oxygens (including phenoxy) is 2. The Kier molecular flexibility index (Phi) is 7.54. The first kappa shape index (κ1) is 20.4. The topological polar surface area (TPSA) is 102 Å². The van der Waals surface area contributed by atoms with E-state index < -0.39 is 40.3 Å². The molecule has 0 aliphatic rings. The number of nitrogens with zero attached hydrogens (tertiary/aromatic N) is 1. The van der Waals surface area contributed by atoms with Crippen LogP contribution in [-0.2, 0) is 24.3 Å². The fourth-order valence-corrected chi connectivity index (χ4v) is 2.13. The first-order valence-electron chi connectivity index (χ1n) is 6.58. The number of methoxy groups -OCH3 is 1. The highest BCUT2D eigenvalue weighted by Gasteiger charge is 2.19. The Morgan fingerprint density at radius 1 is 1.32 bits per heavy atom. The van der Waals surface area contributed by atoms with Crippen LogP contribution in [0.15, 0.2) is 11.5 Å². The number of carbonyl (C=O) groups is 2. The van der Waals surface area contributed by atoms with Gasteiger partial charge in [-0.25, -0.2) is 13.2 Å². The van der Waals surface area contributed by atoms with Crippen LogP contribution in [0.1, 0.15) is 27.7 Å². The molecule has 0 bridgehead atoms.